The van der Waals surface area contributed by atoms with Gasteiger partial charge < -0.3 is 9.73 Å². The van der Waals surface area contributed by atoms with Crippen molar-refractivity contribution in [1.29, 1.82) is 0 Å². The summed E-state index contributed by atoms with van der Waals surface area (Å²) in [4.78, 5) is 11.8. The standard InChI is InChI=1S/C16H19NO2S/c1-11(2)12-4-3-5-13(10-12)14-6-7-15(19-14)16(18)17-8-9-20/h3-7,10-11,20H,8-9H2,1-2H3,(H,17,18). The van der Waals surface area contributed by atoms with Crippen LogP contribution in [-0.4, -0.2) is 18.2 Å². The van der Waals surface area contributed by atoms with E-state index in [0.717, 1.165) is 5.56 Å². The molecule has 0 saturated heterocycles. The lowest BCUT2D eigenvalue weighted by Crippen LogP contribution is -2.24. The van der Waals surface area contributed by atoms with Crippen LogP contribution in [0.4, 0.5) is 0 Å². The number of nitrogens with one attached hydrogen (secondary N) is 1. The first-order chi connectivity index (χ1) is 9.61. The third-order valence-electron chi connectivity index (χ3n) is 3.06. The number of carbonyl (C=O) groups excluding carboxylic acids is 1. The summed E-state index contributed by atoms with van der Waals surface area (Å²) in [7, 11) is 0. The highest BCUT2D eigenvalue weighted by Crippen LogP contribution is 2.25. The summed E-state index contributed by atoms with van der Waals surface area (Å²) in [6.45, 7) is 4.83. The maximum absolute atomic E-state index is 11.8. The molecule has 20 heavy (non-hydrogen) atoms. The highest BCUT2D eigenvalue weighted by molar-refractivity contribution is 7.80. The van der Waals surface area contributed by atoms with Crippen molar-refractivity contribution in [3.8, 4) is 11.3 Å². The molecule has 0 aliphatic rings. The highest BCUT2D eigenvalue weighted by Gasteiger charge is 2.12. The van der Waals surface area contributed by atoms with Crippen molar-refractivity contribution in [2.45, 2.75) is 19.8 Å². The predicted octanol–water partition coefficient (Wildman–Crippen LogP) is 3.73. The molecule has 1 N–H and O–H groups in total. The van der Waals surface area contributed by atoms with Crippen molar-refractivity contribution in [3.05, 3.63) is 47.7 Å². The van der Waals surface area contributed by atoms with Crippen LogP contribution in [0.2, 0.25) is 0 Å². The van der Waals surface area contributed by atoms with Gasteiger partial charge in [0.05, 0.1) is 0 Å². The molecule has 1 amide bonds. The molecule has 1 aromatic heterocycles. The Balaban J connectivity index is 2.20. The molecular formula is C16H19NO2S. The lowest BCUT2D eigenvalue weighted by Gasteiger charge is -2.06. The molecule has 0 spiro atoms. The van der Waals surface area contributed by atoms with Gasteiger partial charge in [0.25, 0.3) is 5.91 Å². The highest BCUT2D eigenvalue weighted by atomic mass is 32.1. The SMILES string of the molecule is CC(C)c1cccc(-c2ccc(C(=O)NCCS)o2)c1. The fourth-order valence-electron chi connectivity index (χ4n) is 1.92. The average molecular weight is 289 g/mol. The Morgan fingerprint density at radius 3 is 2.80 bits per heavy atom. The number of thiol groups is 1. The molecule has 0 unspecified atom stereocenters. The van der Waals surface area contributed by atoms with Gasteiger partial charge in [-0.05, 0) is 29.7 Å². The molecular weight excluding hydrogens is 270 g/mol. The number of amides is 1. The van der Waals surface area contributed by atoms with E-state index in [1.165, 1.54) is 5.56 Å². The van der Waals surface area contributed by atoms with Crippen LogP contribution in [0.5, 0.6) is 0 Å². The maximum Gasteiger partial charge on any atom is 0.287 e. The van der Waals surface area contributed by atoms with Gasteiger partial charge in [-0.25, -0.2) is 0 Å². The zero-order valence-electron chi connectivity index (χ0n) is 11.7. The first kappa shape index (κ1) is 14.7. The third kappa shape index (κ3) is 3.45. The van der Waals surface area contributed by atoms with E-state index in [4.69, 9.17) is 4.42 Å². The van der Waals surface area contributed by atoms with Crippen LogP contribution < -0.4 is 5.32 Å². The molecule has 1 aromatic carbocycles. The van der Waals surface area contributed by atoms with Crippen LogP contribution in [0.1, 0.15) is 35.9 Å². The monoisotopic (exact) mass is 289 g/mol. The van der Waals surface area contributed by atoms with Gasteiger partial charge >= 0.3 is 0 Å². The molecule has 4 heteroatoms. The van der Waals surface area contributed by atoms with Gasteiger partial charge in [-0.1, -0.05) is 32.0 Å². The smallest absolute Gasteiger partial charge is 0.287 e. The van der Waals surface area contributed by atoms with E-state index in [1.54, 1.807) is 6.07 Å². The number of rotatable bonds is 5. The molecule has 2 rings (SSSR count). The minimum atomic E-state index is -0.203. The van der Waals surface area contributed by atoms with E-state index >= 15 is 0 Å². The van der Waals surface area contributed by atoms with Gasteiger partial charge in [0, 0.05) is 17.9 Å². The molecule has 0 bridgehead atoms. The zero-order valence-corrected chi connectivity index (χ0v) is 12.6. The lowest BCUT2D eigenvalue weighted by molar-refractivity contribution is 0.0929. The number of hydrogen-bond acceptors (Lipinski definition) is 3. The van der Waals surface area contributed by atoms with E-state index < -0.39 is 0 Å². The number of hydrogen-bond donors (Lipinski definition) is 2. The molecule has 0 saturated carbocycles. The minimum absolute atomic E-state index is 0.203. The minimum Gasteiger partial charge on any atom is -0.451 e. The second kappa shape index (κ2) is 6.66. The van der Waals surface area contributed by atoms with Crippen molar-refractivity contribution < 1.29 is 9.21 Å². The summed E-state index contributed by atoms with van der Waals surface area (Å²) in [5, 5.41) is 2.73. The Kier molecular flexibility index (Phi) is 4.90. The predicted molar refractivity (Wildman–Crippen MR) is 84.4 cm³/mol. The number of carbonyl (C=O) groups is 1. The second-order valence-corrected chi connectivity index (χ2v) is 5.37. The molecule has 0 radical (unpaired) electrons. The summed E-state index contributed by atoms with van der Waals surface area (Å²) in [5.74, 6) is 1.91. The summed E-state index contributed by atoms with van der Waals surface area (Å²) < 4.78 is 5.63. The van der Waals surface area contributed by atoms with E-state index in [9.17, 15) is 4.79 Å². The summed E-state index contributed by atoms with van der Waals surface area (Å²) in [6, 6.07) is 11.7. The fraction of sp³-hybridized carbons (Fsp3) is 0.312. The molecule has 1 heterocycles. The van der Waals surface area contributed by atoms with Crippen molar-refractivity contribution >= 4 is 18.5 Å². The van der Waals surface area contributed by atoms with Crippen molar-refractivity contribution in [2.75, 3.05) is 12.3 Å². The van der Waals surface area contributed by atoms with E-state index in [0.29, 0.717) is 29.7 Å². The van der Waals surface area contributed by atoms with Gasteiger partial charge in [-0.3, -0.25) is 4.79 Å². The Morgan fingerprint density at radius 1 is 1.30 bits per heavy atom. The molecule has 0 fully saturated rings. The number of furan rings is 1. The van der Waals surface area contributed by atoms with E-state index in [1.807, 2.05) is 18.2 Å². The van der Waals surface area contributed by atoms with Crippen molar-refractivity contribution in [2.24, 2.45) is 0 Å². The third-order valence-corrected chi connectivity index (χ3v) is 3.29. The molecule has 106 valence electrons. The van der Waals surface area contributed by atoms with Gasteiger partial charge in [0.15, 0.2) is 5.76 Å². The number of benzene rings is 1. The lowest BCUT2D eigenvalue weighted by atomic mass is 10.0. The largest absolute Gasteiger partial charge is 0.451 e. The summed E-state index contributed by atoms with van der Waals surface area (Å²) in [6.07, 6.45) is 0. The van der Waals surface area contributed by atoms with E-state index in [-0.39, 0.29) is 5.91 Å². The summed E-state index contributed by atoms with van der Waals surface area (Å²) >= 11 is 4.06. The second-order valence-electron chi connectivity index (χ2n) is 4.92. The molecule has 0 atom stereocenters. The van der Waals surface area contributed by atoms with Gasteiger partial charge in [-0.15, -0.1) is 0 Å². The van der Waals surface area contributed by atoms with Crippen LogP contribution in [-0.2, 0) is 0 Å². The molecule has 3 nitrogen and oxygen atoms in total. The Morgan fingerprint density at radius 2 is 2.10 bits per heavy atom. The molecule has 0 aliphatic carbocycles. The van der Waals surface area contributed by atoms with E-state index in [2.05, 4.69) is 43.9 Å². The van der Waals surface area contributed by atoms with Crippen molar-refractivity contribution in [3.63, 3.8) is 0 Å². The topological polar surface area (TPSA) is 42.2 Å². The van der Waals surface area contributed by atoms with Crippen LogP contribution in [0.25, 0.3) is 11.3 Å². The zero-order chi connectivity index (χ0) is 14.5. The summed E-state index contributed by atoms with van der Waals surface area (Å²) in [5.41, 5.74) is 2.24. The van der Waals surface area contributed by atoms with Gasteiger partial charge in [0.2, 0.25) is 0 Å². The first-order valence-corrected chi connectivity index (χ1v) is 7.34. The van der Waals surface area contributed by atoms with Gasteiger partial charge in [-0.2, -0.15) is 12.6 Å². The Hall–Kier alpha value is -1.68. The molecule has 2 aromatic rings. The van der Waals surface area contributed by atoms with Crippen molar-refractivity contribution in [1.82, 2.24) is 5.32 Å². The Labute approximate surface area is 124 Å². The Bertz CT molecular complexity index is 590. The fourth-order valence-corrected chi connectivity index (χ4v) is 2.03. The average Bonchev–Trinajstić information content (AvgIpc) is 2.94. The van der Waals surface area contributed by atoms with Crippen LogP contribution in [0.3, 0.4) is 0 Å². The van der Waals surface area contributed by atoms with Crippen LogP contribution in [0, 0.1) is 0 Å². The quantitative estimate of drug-likeness (QED) is 0.824. The first-order valence-electron chi connectivity index (χ1n) is 6.71. The maximum atomic E-state index is 11.8. The van der Waals surface area contributed by atoms with Crippen LogP contribution >= 0.6 is 12.6 Å². The van der Waals surface area contributed by atoms with Crippen LogP contribution in [0.15, 0.2) is 40.8 Å². The molecule has 0 aliphatic heterocycles. The van der Waals surface area contributed by atoms with Gasteiger partial charge in [0.1, 0.15) is 5.76 Å². The normalized spacial score (nSPS) is 10.8.